The summed E-state index contributed by atoms with van der Waals surface area (Å²) in [6, 6.07) is 0. The van der Waals surface area contributed by atoms with Crippen molar-refractivity contribution in [2.75, 3.05) is 39.3 Å². The van der Waals surface area contributed by atoms with Gasteiger partial charge in [0.1, 0.15) is 0 Å². The van der Waals surface area contributed by atoms with Gasteiger partial charge in [-0.1, -0.05) is 12.2 Å². The molecule has 0 amide bonds. The first-order valence-electron chi connectivity index (χ1n) is 7.33. The Morgan fingerprint density at radius 1 is 1.16 bits per heavy atom. The van der Waals surface area contributed by atoms with Crippen LogP contribution < -0.4 is 16.4 Å². The first-order valence-corrected chi connectivity index (χ1v) is 7.33. The van der Waals surface area contributed by atoms with Gasteiger partial charge in [0, 0.05) is 44.0 Å². The summed E-state index contributed by atoms with van der Waals surface area (Å²) in [5.74, 6) is 0.535. The van der Waals surface area contributed by atoms with Gasteiger partial charge < -0.3 is 21.3 Å². The highest BCUT2D eigenvalue weighted by atomic mass is 15.2. The molecule has 1 fully saturated rings. The third kappa shape index (κ3) is 4.82. The molecule has 0 saturated carbocycles. The lowest BCUT2D eigenvalue weighted by Crippen LogP contribution is -2.44. The van der Waals surface area contributed by atoms with Crippen LogP contribution >= 0.6 is 0 Å². The Kier molecular flexibility index (Phi) is 6.14. The summed E-state index contributed by atoms with van der Waals surface area (Å²) < 4.78 is 0. The average Bonchev–Trinajstić information content (AvgIpc) is 2.73. The van der Waals surface area contributed by atoms with E-state index in [4.69, 9.17) is 5.73 Å². The maximum Gasteiger partial charge on any atom is 0.0179 e. The molecular formula is C15H26N4. The van der Waals surface area contributed by atoms with Gasteiger partial charge in [0.2, 0.25) is 0 Å². The Labute approximate surface area is 116 Å². The lowest BCUT2D eigenvalue weighted by Gasteiger charge is -2.29. The average molecular weight is 262 g/mol. The first kappa shape index (κ1) is 14.3. The fraction of sp³-hybridized carbons (Fsp3) is 0.600. The van der Waals surface area contributed by atoms with Gasteiger partial charge in [-0.25, -0.2) is 0 Å². The van der Waals surface area contributed by atoms with E-state index in [2.05, 4.69) is 33.8 Å². The monoisotopic (exact) mass is 262 g/mol. The highest BCUT2D eigenvalue weighted by Gasteiger charge is 2.16. The fourth-order valence-electron chi connectivity index (χ4n) is 2.66. The van der Waals surface area contributed by atoms with Crippen molar-refractivity contribution in [3.05, 3.63) is 36.2 Å². The summed E-state index contributed by atoms with van der Waals surface area (Å²) in [6.07, 6.45) is 12.6. The molecule has 0 aromatic carbocycles. The maximum absolute atomic E-state index is 5.77. The van der Waals surface area contributed by atoms with E-state index >= 15 is 0 Å². The quantitative estimate of drug-likeness (QED) is 0.663. The Bertz CT molecular complexity index is 340. The van der Waals surface area contributed by atoms with Gasteiger partial charge in [0.05, 0.1) is 0 Å². The number of allylic oxidation sites excluding steroid dienone is 5. The molecule has 19 heavy (non-hydrogen) atoms. The van der Waals surface area contributed by atoms with Crippen LogP contribution in [0.4, 0.5) is 0 Å². The van der Waals surface area contributed by atoms with Gasteiger partial charge in [-0.05, 0) is 38.1 Å². The van der Waals surface area contributed by atoms with Crippen LogP contribution in [0.3, 0.4) is 0 Å². The number of rotatable bonds is 6. The number of hydrogen-bond donors (Lipinski definition) is 3. The molecule has 2 heterocycles. The van der Waals surface area contributed by atoms with Gasteiger partial charge in [-0.2, -0.15) is 0 Å². The van der Waals surface area contributed by atoms with E-state index in [0.29, 0.717) is 5.92 Å². The van der Waals surface area contributed by atoms with Crippen molar-refractivity contribution >= 4 is 0 Å². The van der Waals surface area contributed by atoms with E-state index in [1.54, 1.807) is 0 Å². The largest absolute Gasteiger partial charge is 0.365 e. The van der Waals surface area contributed by atoms with Crippen molar-refractivity contribution in [3.8, 4) is 0 Å². The second kappa shape index (κ2) is 8.15. The van der Waals surface area contributed by atoms with Crippen molar-refractivity contribution in [1.29, 1.82) is 0 Å². The number of nitrogens with one attached hydrogen (secondary N) is 2. The summed E-state index contributed by atoms with van der Waals surface area (Å²) in [5.41, 5.74) is 7.07. The van der Waals surface area contributed by atoms with Gasteiger partial charge in [0.25, 0.3) is 0 Å². The van der Waals surface area contributed by atoms with Crippen molar-refractivity contribution in [3.63, 3.8) is 0 Å². The Morgan fingerprint density at radius 3 is 2.79 bits per heavy atom. The van der Waals surface area contributed by atoms with Gasteiger partial charge in [-0.3, -0.25) is 0 Å². The minimum absolute atomic E-state index is 0.535. The van der Waals surface area contributed by atoms with Crippen LogP contribution in [0.5, 0.6) is 0 Å². The van der Waals surface area contributed by atoms with Crippen LogP contribution in [0.1, 0.15) is 12.8 Å². The molecule has 4 nitrogen and oxygen atoms in total. The standard InChI is InChI=1S/C15H26N4/c16-7-5-14(15-4-2-1-3-8-18-15)6-11-19-12-9-17-10-13-19/h1-4,8,14,17-18H,5-7,9-13,16H2. The molecule has 2 aliphatic heterocycles. The predicted molar refractivity (Wildman–Crippen MR) is 80.6 cm³/mol. The van der Waals surface area contributed by atoms with E-state index in [9.17, 15) is 0 Å². The molecule has 0 bridgehead atoms. The molecule has 0 aliphatic carbocycles. The lowest BCUT2D eigenvalue weighted by atomic mass is 9.96. The Hall–Kier alpha value is -1.10. The van der Waals surface area contributed by atoms with Crippen LogP contribution in [0.25, 0.3) is 0 Å². The predicted octanol–water partition coefficient (Wildman–Crippen LogP) is 0.804. The molecule has 0 aromatic heterocycles. The molecule has 2 rings (SSSR count). The number of piperazine rings is 1. The highest BCUT2D eigenvalue weighted by Crippen LogP contribution is 2.18. The molecular weight excluding hydrogens is 236 g/mol. The molecule has 106 valence electrons. The van der Waals surface area contributed by atoms with Crippen LogP contribution in [-0.2, 0) is 0 Å². The van der Waals surface area contributed by atoms with Gasteiger partial charge in [0.15, 0.2) is 0 Å². The van der Waals surface area contributed by atoms with E-state index in [0.717, 1.165) is 26.1 Å². The Morgan fingerprint density at radius 2 is 2.00 bits per heavy atom. The maximum atomic E-state index is 5.77. The van der Waals surface area contributed by atoms with Crippen LogP contribution in [0.2, 0.25) is 0 Å². The first-order chi connectivity index (χ1) is 9.40. The second-order valence-corrected chi connectivity index (χ2v) is 5.16. The fourth-order valence-corrected chi connectivity index (χ4v) is 2.66. The third-order valence-corrected chi connectivity index (χ3v) is 3.80. The lowest BCUT2D eigenvalue weighted by molar-refractivity contribution is 0.226. The van der Waals surface area contributed by atoms with Crippen molar-refractivity contribution in [2.45, 2.75) is 12.8 Å². The summed E-state index contributed by atoms with van der Waals surface area (Å²) >= 11 is 0. The number of nitrogens with zero attached hydrogens (tertiary/aromatic N) is 1. The second-order valence-electron chi connectivity index (χ2n) is 5.16. The Balaban J connectivity index is 1.86. The molecule has 2 aliphatic rings. The van der Waals surface area contributed by atoms with Crippen LogP contribution in [0, 0.1) is 5.92 Å². The molecule has 4 N–H and O–H groups in total. The zero-order valence-electron chi connectivity index (χ0n) is 11.6. The van der Waals surface area contributed by atoms with Crippen molar-refractivity contribution in [1.82, 2.24) is 15.5 Å². The van der Waals surface area contributed by atoms with Gasteiger partial charge in [-0.15, -0.1) is 0 Å². The molecule has 4 heteroatoms. The smallest absolute Gasteiger partial charge is 0.0179 e. The minimum Gasteiger partial charge on any atom is -0.365 e. The number of hydrogen-bond acceptors (Lipinski definition) is 4. The van der Waals surface area contributed by atoms with Crippen LogP contribution in [0.15, 0.2) is 36.2 Å². The van der Waals surface area contributed by atoms with Crippen molar-refractivity contribution in [2.24, 2.45) is 11.7 Å². The van der Waals surface area contributed by atoms with E-state index < -0.39 is 0 Å². The SMILES string of the molecule is NCCC(CCN1CCNCC1)C1=CC=CC=CN1. The molecule has 1 atom stereocenters. The molecule has 0 spiro atoms. The topological polar surface area (TPSA) is 53.3 Å². The van der Waals surface area contributed by atoms with Crippen LogP contribution in [-0.4, -0.2) is 44.2 Å². The molecule has 0 aromatic rings. The highest BCUT2D eigenvalue weighted by molar-refractivity contribution is 5.22. The number of nitrogens with two attached hydrogens (primary N) is 1. The normalized spacial score (nSPS) is 21.6. The van der Waals surface area contributed by atoms with Crippen molar-refractivity contribution < 1.29 is 0 Å². The minimum atomic E-state index is 0.535. The van der Waals surface area contributed by atoms with E-state index in [1.165, 1.54) is 31.8 Å². The summed E-state index contributed by atoms with van der Waals surface area (Å²) in [6.45, 7) is 6.49. The van der Waals surface area contributed by atoms with E-state index in [-0.39, 0.29) is 0 Å². The zero-order valence-corrected chi connectivity index (χ0v) is 11.6. The van der Waals surface area contributed by atoms with E-state index in [1.807, 2.05) is 12.3 Å². The molecule has 1 unspecified atom stereocenters. The molecule has 1 saturated heterocycles. The summed E-state index contributed by atoms with van der Waals surface area (Å²) in [4.78, 5) is 2.54. The zero-order chi connectivity index (χ0) is 13.3. The summed E-state index contributed by atoms with van der Waals surface area (Å²) in [5, 5.41) is 6.78. The third-order valence-electron chi connectivity index (χ3n) is 3.80. The van der Waals surface area contributed by atoms with Gasteiger partial charge >= 0.3 is 0 Å². The summed E-state index contributed by atoms with van der Waals surface area (Å²) in [7, 11) is 0. The molecule has 0 radical (unpaired) electrons.